The van der Waals surface area contributed by atoms with Gasteiger partial charge in [-0.3, -0.25) is 4.79 Å². The van der Waals surface area contributed by atoms with E-state index in [2.05, 4.69) is 0 Å². The second-order valence-corrected chi connectivity index (χ2v) is 3.93. The van der Waals surface area contributed by atoms with Crippen LogP contribution in [0.2, 0.25) is 0 Å². The summed E-state index contributed by atoms with van der Waals surface area (Å²) in [6, 6.07) is 10.1. The molecule has 1 aromatic carbocycles. The van der Waals surface area contributed by atoms with Gasteiger partial charge in [0.25, 0.3) is 0 Å². The number of rotatable bonds is 4. The number of carbonyl (C=O) groups is 1. The third kappa shape index (κ3) is 2.02. The van der Waals surface area contributed by atoms with Gasteiger partial charge in [0.2, 0.25) is 0 Å². The number of epoxide rings is 1. The van der Waals surface area contributed by atoms with Crippen LogP contribution in [0.3, 0.4) is 0 Å². The maximum absolute atomic E-state index is 11.6. The molecule has 14 heavy (non-hydrogen) atoms. The molecule has 0 aliphatic carbocycles. The Hall–Kier alpha value is -1.15. The topological polar surface area (TPSA) is 29.6 Å². The molecular weight excluding hydrogens is 176 g/mol. The summed E-state index contributed by atoms with van der Waals surface area (Å²) in [4.78, 5) is 11.6. The molecule has 1 aromatic rings. The molecule has 0 radical (unpaired) electrons. The van der Waals surface area contributed by atoms with Gasteiger partial charge in [-0.25, -0.2) is 0 Å². The van der Waals surface area contributed by atoms with Gasteiger partial charge in [0.1, 0.15) is 5.60 Å². The fourth-order valence-electron chi connectivity index (χ4n) is 1.44. The van der Waals surface area contributed by atoms with E-state index in [1.165, 1.54) is 5.56 Å². The van der Waals surface area contributed by atoms with Gasteiger partial charge in [-0.15, -0.1) is 0 Å². The first-order chi connectivity index (χ1) is 6.71. The molecule has 1 aliphatic heterocycles. The number of hydrogen-bond donors (Lipinski definition) is 0. The fourth-order valence-corrected chi connectivity index (χ4v) is 1.44. The van der Waals surface area contributed by atoms with E-state index in [4.69, 9.17) is 4.74 Å². The Morgan fingerprint density at radius 1 is 1.43 bits per heavy atom. The first kappa shape index (κ1) is 9.41. The molecule has 0 N–H and O–H groups in total. The van der Waals surface area contributed by atoms with E-state index in [1.807, 2.05) is 37.3 Å². The standard InChI is InChI=1S/C12H14O2/c1-12(9-14-12)11(13)8-7-10-5-3-2-4-6-10/h2-6H,7-9H2,1H3. The molecule has 0 bridgehead atoms. The minimum absolute atomic E-state index is 0.223. The monoisotopic (exact) mass is 190 g/mol. The molecule has 0 aromatic heterocycles. The lowest BCUT2D eigenvalue weighted by Gasteiger charge is -2.03. The molecule has 0 spiro atoms. The average molecular weight is 190 g/mol. The number of carbonyl (C=O) groups excluding carboxylic acids is 1. The van der Waals surface area contributed by atoms with E-state index >= 15 is 0 Å². The zero-order valence-electron chi connectivity index (χ0n) is 8.32. The Bertz CT molecular complexity index is 325. The smallest absolute Gasteiger partial charge is 0.167 e. The molecule has 74 valence electrons. The van der Waals surface area contributed by atoms with Crippen LogP contribution in [0.5, 0.6) is 0 Å². The van der Waals surface area contributed by atoms with Crippen LogP contribution in [-0.2, 0) is 16.0 Å². The number of ketones is 1. The van der Waals surface area contributed by atoms with Crippen molar-refractivity contribution >= 4 is 5.78 Å². The zero-order chi connectivity index (χ0) is 10.0. The van der Waals surface area contributed by atoms with Gasteiger partial charge in [-0.05, 0) is 18.9 Å². The van der Waals surface area contributed by atoms with Gasteiger partial charge in [-0.2, -0.15) is 0 Å². The van der Waals surface area contributed by atoms with E-state index in [9.17, 15) is 4.79 Å². The SMILES string of the molecule is CC1(C(=O)CCc2ccccc2)CO1. The van der Waals surface area contributed by atoms with Crippen molar-refractivity contribution < 1.29 is 9.53 Å². The van der Waals surface area contributed by atoms with Gasteiger partial charge in [0, 0.05) is 6.42 Å². The highest BCUT2D eigenvalue weighted by Crippen LogP contribution is 2.28. The molecule has 1 atom stereocenters. The summed E-state index contributed by atoms with van der Waals surface area (Å²) < 4.78 is 5.10. The number of benzene rings is 1. The highest BCUT2D eigenvalue weighted by atomic mass is 16.6. The van der Waals surface area contributed by atoms with Gasteiger partial charge in [0.15, 0.2) is 5.78 Å². The largest absolute Gasteiger partial charge is 0.362 e. The van der Waals surface area contributed by atoms with E-state index < -0.39 is 5.60 Å². The number of Topliss-reactive ketones (excluding diaryl/α,β-unsaturated/α-hetero) is 1. The van der Waals surface area contributed by atoms with Crippen molar-refractivity contribution in [1.82, 2.24) is 0 Å². The van der Waals surface area contributed by atoms with Crippen LogP contribution in [0.1, 0.15) is 18.9 Å². The van der Waals surface area contributed by atoms with Crippen LogP contribution in [0.25, 0.3) is 0 Å². The lowest BCUT2D eigenvalue weighted by atomic mass is 10.0. The Labute approximate surface area is 83.9 Å². The lowest BCUT2D eigenvalue weighted by molar-refractivity contribution is -0.123. The van der Waals surface area contributed by atoms with Crippen LogP contribution in [-0.4, -0.2) is 18.0 Å². The highest BCUT2D eigenvalue weighted by Gasteiger charge is 2.45. The van der Waals surface area contributed by atoms with Crippen molar-refractivity contribution in [1.29, 1.82) is 0 Å². The van der Waals surface area contributed by atoms with E-state index in [0.29, 0.717) is 13.0 Å². The van der Waals surface area contributed by atoms with Crippen molar-refractivity contribution in [2.24, 2.45) is 0 Å². The number of hydrogen-bond acceptors (Lipinski definition) is 2. The predicted octanol–water partition coefficient (Wildman–Crippen LogP) is 1.98. The highest BCUT2D eigenvalue weighted by molar-refractivity contribution is 5.89. The Kier molecular flexibility index (Phi) is 2.38. The first-order valence-corrected chi connectivity index (χ1v) is 4.92. The summed E-state index contributed by atoms with van der Waals surface area (Å²) in [5.74, 6) is 0.223. The van der Waals surface area contributed by atoms with Crippen molar-refractivity contribution in [3.63, 3.8) is 0 Å². The maximum Gasteiger partial charge on any atom is 0.167 e. The molecule has 1 heterocycles. The summed E-state index contributed by atoms with van der Waals surface area (Å²) >= 11 is 0. The van der Waals surface area contributed by atoms with Crippen LogP contribution in [0.15, 0.2) is 30.3 Å². The van der Waals surface area contributed by atoms with Gasteiger partial charge in [-0.1, -0.05) is 30.3 Å². The zero-order valence-corrected chi connectivity index (χ0v) is 8.32. The maximum atomic E-state index is 11.6. The molecule has 1 fully saturated rings. The lowest BCUT2D eigenvalue weighted by Crippen LogP contribution is -2.20. The summed E-state index contributed by atoms with van der Waals surface area (Å²) in [6.45, 7) is 2.46. The van der Waals surface area contributed by atoms with Crippen molar-refractivity contribution in [2.45, 2.75) is 25.4 Å². The molecular formula is C12H14O2. The number of ether oxygens (including phenoxy) is 1. The number of aryl methyl sites for hydroxylation is 1. The van der Waals surface area contributed by atoms with Gasteiger partial charge in [0.05, 0.1) is 6.61 Å². The molecule has 2 rings (SSSR count). The molecule has 1 unspecified atom stereocenters. The third-order valence-electron chi connectivity index (χ3n) is 2.65. The van der Waals surface area contributed by atoms with Crippen LogP contribution >= 0.6 is 0 Å². The predicted molar refractivity (Wildman–Crippen MR) is 54.1 cm³/mol. The molecule has 0 amide bonds. The first-order valence-electron chi connectivity index (χ1n) is 4.92. The summed E-state index contributed by atoms with van der Waals surface area (Å²) in [7, 11) is 0. The molecule has 1 aliphatic rings. The van der Waals surface area contributed by atoms with E-state index in [1.54, 1.807) is 0 Å². The Morgan fingerprint density at radius 3 is 2.64 bits per heavy atom. The minimum Gasteiger partial charge on any atom is -0.362 e. The van der Waals surface area contributed by atoms with Crippen LogP contribution in [0.4, 0.5) is 0 Å². The molecule has 2 heteroatoms. The minimum atomic E-state index is -0.450. The van der Waals surface area contributed by atoms with Crippen molar-refractivity contribution in [3.05, 3.63) is 35.9 Å². The Balaban J connectivity index is 1.86. The molecule has 0 saturated carbocycles. The third-order valence-corrected chi connectivity index (χ3v) is 2.65. The second kappa shape index (κ2) is 3.54. The second-order valence-electron chi connectivity index (χ2n) is 3.93. The molecule has 2 nitrogen and oxygen atoms in total. The quantitative estimate of drug-likeness (QED) is 0.679. The summed E-state index contributed by atoms with van der Waals surface area (Å²) in [5, 5.41) is 0. The van der Waals surface area contributed by atoms with E-state index in [0.717, 1.165) is 6.42 Å². The van der Waals surface area contributed by atoms with Gasteiger partial charge < -0.3 is 4.74 Å². The fraction of sp³-hybridized carbons (Fsp3) is 0.417. The molecule has 1 saturated heterocycles. The summed E-state index contributed by atoms with van der Waals surface area (Å²) in [6.07, 6.45) is 1.40. The van der Waals surface area contributed by atoms with Crippen LogP contribution in [0, 0.1) is 0 Å². The van der Waals surface area contributed by atoms with Crippen LogP contribution < -0.4 is 0 Å². The normalized spacial score (nSPS) is 24.6. The van der Waals surface area contributed by atoms with E-state index in [-0.39, 0.29) is 5.78 Å². The van der Waals surface area contributed by atoms with Gasteiger partial charge >= 0.3 is 0 Å². The average Bonchev–Trinajstić information content (AvgIpc) is 2.96. The van der Waals surface area contributed by atoms with Crippen molar-refractivity contribution in [3.8, 4) is 0 Å². The van der Waals surface area contributed by atoms with Crippen molar-refractivity contribution in [2.75, 3.05) is 6.61 Å². The Morgan fingerprint density at radius 2 is 2.07 bits per heavy atom. The summed E-state index contributed by atoms with van der Waals surface area (Å²) in [5.41, 5.74) is 0.763.